The summed E-state index contributed by atoms with van der Waals surface area (Å²) in [6, 6.07) is 18.9. The van der Waals surface area contributed by atoms with Gasteiger partial charge in [0.15, 0.2) is 0 Å². The molecule has 184 valence electrons. The smallest absolute Gasteiger partial charge is 0.417 e. The van der Waals surface area contributed by atoms with Gasteiger partial charge >= 0.3 is 12.1 Å². The molecule has 0 radical (unpaired) electrons. The first-order valence-corrected chi connectivity index (χ1v) is 11.7. The molecule has 5 rings (SSSR count). The van der Waals surface area contributed by atoms with E-state index in [2.05, 4.69) is 14.9 Å². The molecule has 0 saturated heterocycles. The Balaban J connectivity index is 1.40. The van der Waals surface area contributed by atoms with Gasteiger partial charge in [0, 0.05) is 30.8 Å². The summed E-state index contributed by atoms with van der Waals surface area (Å²) in [5.41, 5.74) is 4.05. The second-order valence-corrected chi connectivity index (χ2v) is 8.92. The highest BCUT2D eigenvalue weighted by atomic mass is 19.4. The molecule has 3 aromatic carbocycles. The molecular weight excluding hydrogens is 467 g/mol. The van der Waals surface area contributed by atoms with E-state index in [9.17, 15) is 18.0 Å². The lowest BCUT2D eigenvalue weighted by Gasteiger charge is -2.28. The van der Waals surface area contributed by atoms with Gasteiger partial charge in [-0.25, -0.2) is 4.98 Å². The number of hydrogen-bond donors (Lipinski definition) is 2. The van der Waals surface area contributed by atoms with Gasteiger partial charge in [-0.1, -0.05) is 54.6 Å². The van der Waals surface area contributed by atoms with E-state index in [1.807, 2.05) is 18.2 Å². The van der Waals surface area contributed by atoms with Crippen LogP contribution in [0, 0.1) is 0 Å². The molecule has 0 unspecified atom stereocenters. The molecule has 4 aromatic rings. The van der Waals surface area contributed by atoms with Crippen LogP contribution in [0.2, 0.25) is 0 Å². The maximum absolute atomic E-state index is 13.9. The van der Waals surface area contributed by atoms with Crippen molar-refractivity contribution >= 4 is 5.97 Å². The summed E-state index contributed by atoms with van der Waals surface area (Å²) in [6.07, 6.45) is -2.03. The van der Waals surface area contributed by atoms with Crippen molar-refractivity contribution < 1.29 is 23.1 Å². The van der Waals surface area contributed by atoms with Crippen LogP contribution in [-0.4, -0.2) is 39.0 Å². The lowest BCUT2D eigenvalue weighted by molar-refractivity contribution is -0.138. The number of H-pyrrole nitrogens is 1. The largest absolute Gasteiger partial charge is 0.481 e. The van der Waals surface area contributed by atoms with Gasteiger partial charge in [0.1, 0.15) is 5.82 Å². The third kappa shape index (κ3) is 5.04. The van der Waals surface area contributed by atoms with Crippen molar-refractivity contribution in [3.63, 3.8) is 0 Å². The Morgan fingerprint density at radius 2 is 1.75 bits per heavy atom. The second-order valence-electron chi connectivity index (χ2n) is 8.92. The minimum absolute atomic E-state index is 0.116. The third-order valence-electron chi connectivity index (χ3n) is 6.51. The van der Waals surface area contributed by atoms with Crippen LogP contribution in [0.1, 0.15) is 23.1 Å². The fraction of sp³-hybridized carbons (Fsp3) is 0.214. The van der Waals surface area contributed by atoms with Crippen LogP contribution in [0.15, 0.2) is 72.9 Å². The number of imidazole rings is 1. The van der Waals surface area contributed by atoms with Gasteiger partial charge in [-0.2, -0.15) is 13.2 Å². The molecule has 8 heteroatoms. The maximum Gasteiger partial charge on any atom is 0.417 e. The van der Waals surface area contributed by atoms with Gasteiger partial charge in [-0.05, 0) is 40.8 Å². The lowest BCUT2D eigenvalue weighted by atomic mass is 9.96. The summed E-state index contributed by atoms with van der Waals surface area (Å²) in [5.74, 6) is -0.219. The molecule has 2 N–H and O–H groups in total. The van der Waals surface area contributed by atoms with Crippen LogP contribution in [0.4, 0.5) is 13.2 Å². The Bertz CT molecular complexity index is 1400. The summed E-state index contributed by atoms with van der Waals surface area (Å²) >= 11 is 0. The first-order valence-electron chi connectivity index (χ1n) is 11.7. The molecule has 0 amide bonds. The Morgan fingerprint density at radius 3 is 2.50 bits per heavy atom. The van der Waals surface area contributed by atoms with Gasteiger partial charge in [0.2, 0.25) is 0 Å². The van der Waals surface area contributed by atoms with Crippen LogP contribution in [0.3, 0.4) is 0 Å². The molecule has 0 bridgehead atoms. The number of aliphatic carboxylic acids is 1. The van der Waals surface area contributed by atoms with Crippen LogP contribution in [-0.2, 0) is 23.9 Å². The number of hydrogen-bond acceptors (Lipinski definition) is 3. The van der Waals surface area contributed by atoms with Gasteiger partial charge < -0.3 is 10.1 Å². The van der Waals surface area contributed by atoms with Crippen molar-refractivity contribution in [2.75, 3.05) is 13.1 Å². The van der Waals surface area contributed by atoms with E-state index < -0.39 is 17.7 Å². The van der Waals surface area contributed by atoms with E-state index in [0.717, 1.165) is 30.2 Å². The first-order chi connectivity index (χ1) is 17.3. The number of rotatable bonds is 6. The Kier molecular flexibility index (Phi) is 6.36. The van der Waals surface area contributed by atoms with E-state index in [4.69, 9.17) is 5.11 Å². The lowest BCUT2D eigenvalue weighted by Crippen LogP contribution is -2.32. The predicted molar refractivity (Wildman–Crippen MR) is 131 cm³/mol. The summed E-state index contributed by atoms with van der Waals surface area (Å²) in [7, 11) is 0. The van der Waals surface area contributed by atoms with Crippen molar-refractivity contribution in [3.8, 4) is 33.8 Å². The predicted octanol–water partition coefficient (Wildman–Crippen LogP) is 6.26. The summed E-state index contributed by atoms with van der Waals surface area (Å²) in [5, 5.41) is 8.91. The zero-order valence-electron chi connectivity index (χ0n) is 19.3. The van der Waals surface area contributed by atoms with Crippen molar-refractivity contribution in [2.24, 2.45) is 0 Å². The average molecular weight is 492 g/mol. The monoisotopic (exact) mass is 491 g/mol. The topological polar surface area (TPSA) is 69.2 Å². The molecule has 36 heavy (non-hydrogen) atoms. The van der Waals surface area contributed by atoms with Crippen molar-refractivity contribution in [2.45, 2.75) is 25.6 Å². The number of carbonyl (C=O) groups is 1. The van der Waals surface area contributed by atoms with Crippen LogP contribution in [0.5, 0.6) is 0 Å². The fourth-order valence-corrected chi connectivity index (χ4v) is 4.63. The molecular formula is C28H24F3N3O2. The fourth-order valence-electron chi connectivity index (χ4n) is 4.63. The summed E-state index contributed by atoms with van der Waals surface area (Å²) < 4.78 is 41.8. The van der Waals surface area contributed by atoms with Crippen LogP contribution in [0.25, 0.3) is 33.8 Å². The zero-order valence-corrected chi connectivity index (χ0v) is 19.3. The number of nitrogens with zero attached hydrogens (tertiary/aromatic N) is 2. The second kappa shape index (κ2) is 9.62. The minimum Gasteiger partial charge on any atom is -0.481 e. The summed E-state index contributed by atoms with van der Waals surface area (Å²) in [6.45, 7) is 1.99. The number of aromatic amines is 1. The van der Waals surface area contributed by atoms with Gasteiger partial charge in [0.25, 0.3) is 0 Å². The van der Waals surface area contributed by atoms with E-state index in [0.29, 0.717) is 35.7 Å². The van der Waals surface area contributed by atoms with E-state index in [1.54, 1.807) is 42.6 Å². The number of fused-ring (bicyclic) bond motifs is 1. The number of carboxylic acids is 1. The van der Waals surface area contributed by atoms with Crippen molar-refractivity contribution in [1.82, 2.24) is 14.9 Å². The quantitative estimate of drug-likeness (QED) is 0.334. The number of carboxylic acid groups (broad SMARTS) is 1. The van der Waals surface area contributed by atoms with E-state index >= 15 is 0 Å². The molecule has 1 aliphatic rings. The molecule has 0 aliphatic carbocycles. The van der Waals surface area contributed by atoms with Crippen molar-refractivity contribution in [3.05, 3.63) is 89.6 Å². The Morgan fingerprint density at radius 1 is 0.972 bits per heavy atom. The highest BCUT2D eigenvalue weighted by Gasteiger charge is 2.34. The number of nitrogens with one attached hydrogen (secondary N) is 1. The van der Waals surface area contributed by atoms with Crippen LogP contribution >= 0.6 is 0 Å². The van der Waals surface area contributed by atoms with Crippen LogP contribution < -0.4 is 0 Å². The maximum atomic E-state index is 13.9. The standard InChI is InChI=1S/C28H24F3N3O2/c29-28(30,31)24-15-20(8-9-23(24)18-4-2-1-3-5-18)25-16-32-27(33-25)21-6-7-22-17-34(13-11-26(35)36)12-10-19(22)14-21/h1-9,14-16H,10-13,17H2,(H,32,33)(H,35,36). The zero-order chi connectivity index (χ0) is 25.3. The highest BCUT2D eigenvalue weighted by molar-refractivity contribution is 5.74. The number of alkyl halides is 3. The number of aromatic nitrogens is 2. The minimum atomic E-state index is -4.50. The van der Waals surface area contributed by atoms with Crippen molar-refractivity contribution in [1.29, 1.82) is 0 Å². The summed E-state index contributed by atoms with van der Waals surface area (Å²) in [4.78, 5) is 20.6. The van der Waals surface area contributed by atoms with Gasteiger partial charge in [-0.3, -0.25) is 9.69 Å². The molecule has 0 atom stereocenters. The normalized spacial score (nSPS) is 14.0. The highest BCUT2D eigenvalue weighted by Crippen LogP contribution is 2.39. The molecule has 0 saturated carbocycles. The SMILES string of the molecule is O=C(O)CCN1CCc2cc(-c3ncc(-c4ccc(-c5ccccc5)c(C(F)(F)F)c4)[nH]3)ccc2C1. The number of benzene rings is 3. The number of halogens is 3. The molecule has 2 heterocycles. The third-order valence-corrected chi connectivity index (χ3v) is 6.51. The molecule has 1 aromatic heterocycles. The average Bonchev–Trinajstić information content (AvgIpc) is 3.37. The van der Waals surface area contributed by atoms with Gasteiger partial charge in [0.05, 0.1) is 23.9 Å². The molecule has 0 spiro atoms. The van der Waals surface area contributed by atoms with Gasteiger partial charge in [-0.15, -0.1) is 0 Å². The first kappa shape index (κ1) is 23.8. The Hall–Kier alpha value is -3.91. The van der Waals surface area contributed by atoms with E-state index in [1.165, 1.54) is 11.6 Å². The molecule has 1 aliphatic heterocycles. The molecule has 0 fully saturated rings. The van der Waals surface area contributed by atoms with E-state index in [-0.39, 0.29) is 12.0 Å². The molecule has 5 nitrogen and oxygen atoms in total. The Labute approximate surface area is 206 Å².